The Kier molecular flexibility index (Phi) is 4.94. The number of hydrazone groups is 1. The predicted molar refractivity (Wildman–Crippen MR) is 120 cm³/mol. The summed E-state index contributed by atoms with van der Waals surface area (Å²) in [5.41, 5.74) is 4.79. The molecule has 5 rings (SSSR count). The zero-order valence-electron chi connectivity index (χ0n) is 17.2. The lowest BCUT2D eigenvalue weighted by Crippen LogP contribution is -2.27. The van der Waals surface area contributed by atoms with Gasteiger partial charge in [0.15, 0.2) is 0 Å². The van der Waals surface area contributed by atoms with Gasteiger partial charge in [-0.3, -0.25) is 9.97 Å². The van der Waals surface area contributed by atoms with Crippen molar-refractivity contribution in [1.82, 2.24) is 14.4 Å². The summed E-state index contributed by atoms with van der Waals surface area (Å²) in [6.45, 7) is 1.99. The van der Waals surface area contributed by atoms with E-state index in [1.165, 1.54) is 12.1 Å². The number of rotatable bonds is 4. The molecule has 0 saturated carbocycles. The number of nitrogens with zero attached hydrogens (tertiary/aromatic N) is 4. The summed E-state index contributed by atoms with van der Waals surface area (Å²) in [5, 5.41) is 4.53. The number of hydrogen-bond acceptors (Lipinski definition) is 5. The average Bonchev–Trinajstić information content (AvgIpc) is 3.26. The monoisotopic (exact) mass is 446 g/mol. The van der Waals surface area contributed by atoms with E-state index in [0.29, 0.717) is 17.6 Å². The van der Waals surface area contributed by atoms with Gasteiger partial charge < -0.3 is 0 Å². The fourth-order valence-electron chi connectivity index (χ4n) is 3.78. The molecule has 160 valence electrons. The smallest absolute Gasteiger partial charge is 0.253 e. The second-order valence-electron chi connectivity index (χ2n) is 7.67. The third kappa shape index (κ3) is 3.62. The van der Waals surface area contributed by atoms with Crippen LogP contribution in [0.2, 0.25) is 0 Å². The highest BCUT2D eigenvalue weighted by Gasteiger charge is 2.37. The van der Waals surface area contributed by atoms with Crippen molar-refractivity contribution in [3.8, 4) is 0 Å². The minimum Gasteiger partial charge on any atom is -0.253 e. The van der Waals surface area contributed by atoms with Gasteiger partial charge in [-0.1, -0.05) is 35.9 Å². The normalized spacial score (nSPS) is 16.4. The van der Waals surface area contributed by atoms with Gasteiger partial charge in [0.1, 0.15) is 5.82 Å². The zero-order chi connectivity index (χ0) is 22.3. The zero-order valence-corrected chi connectivity index (χ0v) is 18.0. The Morgan fingerprint density at radius 1 is 0.906 bits per heavy atom. The van der Waals surface area contributed by atoms with Crippen LogP contribution in [0.5, 0.6) is 0 Å². The van der Waals surface area contributed by atoms with Gasteiger partial charge in [-0.05, 0) is 54.4 Å². The van der Waals surface area contributed by atoms with Gasteiger partial charge >= 0.3 is 0 Å². The van der Waals surface area contributed by atoms with Crippen LogP contribution in [0.4, 0.5) is 4.39 Å². The molecule has 0 bridgehead atoms. The molecule has 6 nitrogen and oxygen atoms in total. The first-order chi connectivity index (χ1) is 15.4. The van der Waals surface area contributed by atoms with Crippen molar-refractivity contribution in [3.63, 3.8) is 0 Å². The van der Waals surface area contributed by atoms with Crippen molar-refractivity contribution < 1.29 is 12.8 Å². The van der Waals surface area contributed by atoms with Crippen LogP contribution >= 0.6 is 0 Å². The highest BCUT2D eigenvalue weighted by Crippen LogP contribution is 2.37. The predicted octanol–water partition coefficient (Wildman–Crippen LogP) is 4.62. The molecule has 1 unspecified atom stereocenters. The van der Waals surface area contributed by atoms with Crippen LogP contribution in [0.15, 0.2) is 89.1 Å². The number of fused-ring (bicyclic) bond motifs is 1. The van der Waals surface area contributed by atoms with Crippen molar-refractivity contribution >= 4 is 26.8 Å². The molecule has 8 heteroatoms. The van der Waals surface area contributed by atoms with Crippen LogP contribution in [-0.2, 0) is 10.0 Å². The summed E-state index contributed by atoms with van der Waals surface area (Å²) < 4.78 is 41.5. The van der Waals surface area contributed by atoms with E-state index in [2.05, 4.69) is 15.1 Å². The third-order valence-electron chi connectivity index (χ3n) is 5.49. The molecule has 0 spiro atoms. The summed E-state index contributed by atoms with van der Waals surface area (Å²) in [4.78, 5) is 8.62. The van der Waals surface area contributed by atoms with Gasteiger partial charge in [0.2, 0.25) is 0 Å². The first kappa shape index (κ1) is 20.3. The number of aromatic nitrogens is 2. The maximum Gasteiger partial charge on any atom is 0.279 e. The molecule has 3 aromatic carbocycles. The molecule has 1 aliphatic rings. The fraction of sp³-hybridized carbons (Fsp3) is 0.125. The van der Waals surface area contributed by atoms with Crippen molar-refractivity contribution in [1.29, 1.82) is 0 Å². The van der Waals surface area contributed by atoms with Gasteiger partial charge in [-0.15, -0.1) is 0 Å². The fourth-order valence-corrected chi connectivity index (χ4v) is 5.21. The molecule has 32 heavy (non-hydrogen) atoms. The summed E-state index contributed by atoms with van der Waals surface area (Å²) in [6, 6.07) is 17.5. The molecule has 0 aliphatic carbocycles. The minimum atomic E-state index is -4.01. The second kappa shape index (κ2) is 7.80. The molecule has 0 radical (unpaired) electrons. The van der Waals surface area contributed by atoms with E-state index in [9.17, 15) is 12.8 Å². The van der Waals surface area contributed by atoms with E-state index in [-0.39, 0.29) is 4.90 Å². The van der Waals surface area contributed by atoms with E-state index < -0.39 is 21.9 Å². The summed E-state index contributed by atoms with van der Waals surface area (Å²) in [6.07, 6.45) is 3.61. The van der Waals surface area contributed by atoms with Gasteiger partial charge in [-0.25, -0.2) is 4.39 Å². The van der Waals surface area contributed by atoms with Gasteiger partial charge in [0, 0.05) is 18.8 Å². The van der Waals surface area contributed by atoms with E-state index in [0.717, 1.165) is 38.8 Å². The van der Waals surface area contributed by atoms with E-state index >= 15 is 0 Å². The van der Waals surface area contributed by atoms with Gasteiger partial charge in [-0.2, -0.15) is 17.9 Å². The molecular weight excluding hydrogens is 427 g/mol. The van der Waals surface area contributed by atoms with Crippen LogP contribution in [0, 0.1) is 12.7 Å². The Hall–Kier alpha value is -3.65. The number of benzene rings is 3. The van der Waals surface area contributed by atoms with E-state index in [1.807, 2.05) is 49.4 Å². The Bertz CT molecular complexity index is 1440. The lowest BCUT2D eigenvalue weighted by molar-refractivity contribution is 0.371. The van der Waals surface area contributed by atoms with Crippen LogP contribution in [0.1, 0.15) is 29.2 Å². The number of sulfonamides is 1. The van der Waals surface area contributed by atoms with Crippen LogP contribution in [-0.4, -0.2) is 28.5 Å². The van der Waals surface area contributed by atoms with Gasteiger partial charge in [0.25, 0.3) is 10.0 Å². The maximum atomic E-state index is 13.5. The number of aryl methyl sites for hydroxylation is 1. The van der Waals surface area contributed by atoms with E-state index in [1.54, 1.807) is 12.4 Å². The highest BCUT2D eigenvalue weighted by atomic mass is 32.2. The van der Waals surface area contributed by atoms with Gasteiger partial charge in [0.05, 0.1) is 27.7 Å². The Morgan fingerprint density at radius 2 is 1.59 bits per heavy atom. The molecule has 1 aliphatic heterocycles. The van der Waals surface area contributed by atoms with Crippen molar-refractivity contribution in [2.75, 3.05) is 0 Å². The first-order valence-electron chi connectivity index (χ1n) is 10.1. The molecule has 1 atom stereocenters. The summed E-state index contributed by atoms with van der Waals surface area (Å²) >= 11 is 0. The highest BCUT2D eigenvalue weighted by molar-refractivity contribution is 7.89. The standard InChI is InChI=1S/C24H19FN4O2S/c1-16-2-4-17(5-3-16)22-15-24(18-6-11-21-23(14-18)27-13-12-26-21)29(28-22)32(30,31)20-9-7-19(25)8-10-20/h2-14,24H,15H2,1H3. The topological polar surface area (TPSA) is 75.5 Å². The Labute approximate surface area is 185 Å². The quantitative estimate of drug-likeness (QED) is 0.459. The van der Waals surface area contributed by atoms with Crippen LogP contribution in [0.3, 0.4) is 0 Å². The Morgan fingerprint density at radius 3 is 2.31 bits per heavy atom. The van der Waals surface area contributed by atoms with E-state index in [4.69, 9.17) is 0 Å². The lowest BCUT2D eigenvalue weighted by atomic mass is 9.98. The molecule has 0 fully saturated rings. The SMILES string of the molecule is Cc1ccc(C2=NN(S(=O)(=O)c3ccc(F)cc3)C(c3ccc4nccnc4c3)C2)cc1. The molecule has 1 aromatic heterocycles. The van der Waals surface area contributed by atoms with Crippen molar-refractivity contribution in [2.24, 2.45) is 5.10 Å². The Balaban J connectivity index is 1.62. The van der Waals surface area contributed by atoms with Crippen LogP contribution < -0.4 is 0 Å². The van der Waals surface area contributed by atoms with Crippen molar-refractivity contribution in [2.45, 2.75) is 24.3 Å². The first-order valence-corrected chi connectivity index (χ1v) is 11.5. The average molecular weight is 447 g/mol. The number of hydrogen-bond donors (Lipinski definition) is 0. The summed E-state index contributed by atoms with van der Waals surface area (Å²) in [5.74, 6) is -0.501. The minimum absolute atomic E-state index is 0.0154. The maximum absolute atomic E-state index is 13.5. The van der Waals surface area contributed by atoms with Crippen LogP contribution in [0.25, 0.3) is 11.0 Å². The molecular formula is C24H19FN4O2S. The number of halogens is 1. The third-order valence-corrected chi connectivity index (χ3v) is 7.19. The lowest BCUT2D eigenvalue weighted by Gasteiger charge is -2.23. The molecule has 0 amide bonds. The molecule has 4 aromatic rings. The second-order valence-corrected chi connectivity index (χ2v) is 9.46. The summed E-state index contributed by atoms with van der Waals surface area (Å²) in [7, 11) is -4.01. The molecule has 0 saturated heterocycles. The largest absolute Gasteiger partial charge is 0.279 e. The van der Waals surface area contributed by atoms with Crippen molar-refractivity contribution in [3.05, 3.63) is 102 Å². The molecule has 2 heterocycles. The molecule has 0 N–H and O–H groups in total.